The Hall–Kier alpha value is -3.89. The van der Waals surface area contributed by atoms with Gasteiger partial charge in [-0.2, -0.15) is 0 Å². The fourth-order valence-corrected chi connectivity index (χ4v) is 6.34. The SMILES string of the molecule is Cc1ccccc1C1c2ccccc2CCN1CC(=O)N(Cc1cccc(O)c1)C1Cc2ccccc2C1. The second-order valence-electron chi connectivity index (χ2n) is 10.7. The Kier molecular flexibility index (Phi) is 6.73. The van der Waals surface area contributed by atoms with E-state index < -0.39 is 0 Å². The molecule has 0 aromatic heterocycles. The van der Waals surface area contributed by atoms with Crippen LogP contribution in [0.5, 0.6) is 5.75 Å². The Bertz CT molecular complexity index is 1440. The summed E-state index contributed by atoms with van der Waals surface area (Å²) in [5.41, 5.74) is 8.79. The van der Waals surface area contributed by atoms with Crippen molar-refractivity contribution < 1.29 is 9.90 Å². The van der Waals surface area contributed by atoms with Gasteiger partial charge in [-0.1, -0.05) is 84.9 Å². The van der Waals surface area contributed by atoms with Crippen molar-refractivity contribution in [3.8, 4) is 5.75 Å². The minimum Gasteiger partial charge on any atom is -0.508 e. The van der Waals surface area contributed by atoms with Crippen LogP contribution in [0.15, 0.2) is 97.1 Å². The van der Waals surface area contributed by atoms with Crippen LogP contribution in [0.3, 0.4) is 0 Å². The van der Waals surface area contributed by atoms with Crippen molar-refractivity contribution in [2.45, 2.75) is 44.8 Å². The number of carbonyl (C=O) groups excluding carboxylic acids is 1. The Morgan fingerprint density at radius 2 is 1.50 bits per heavy atom. The summed E-state index contributed by atoms with van der Waals surface area (Å²) in [6.45, 7) is 3.85. The molecule has 1 atom stereocenters. The maximum Gasteiger partial charge on any atom is 0.237 e. The lowest BCUT2D eigenvalue weighted by Crippen LogP contribution is -2.48. The smallest absolute Gasteiger partial charge is 0.237 e. The molecular weight excluding hydrogens is 468 g/mol. The maximum atomic E-state index is 14.2. The standard InChI is InChI=1S/C34H34N2O2/c1-24-9-2-6-15-31(24)34-32-16-7-5-11-26(32)17-18-35(34)23-33(38)36(22-25-10-8-14-30(37)19-25)29-20-27-12-3-4-13-28(27)21-29/h2-16,19,29,34,37H,17-18,20-23H2,1H3. The van der Waals surface area contributed by atoms with Gasteiger partial charge < -0.3 is 10.0 Å². The molecule has 38 heavy (non-hydrogen) atoms. The third kappa shape index (κ3) is 4.84. The van der Waals surface area contributed by atoms with Crippen molar-refractivity contribution in [3.05, 3.63) is 136 Å². The van der Waals surface area contributed by atoms with E-state index in [-0.39, 0.29) is 23.7 Å². The van der Waals surface area contributed by atoms with Crippen LogP contribution in [0.25, 0.3) is 0 Å². The van der Waals surface area contributed by atoms with E-state index in [1.807, 2.05) is 12.1 Å². The van der Waals surface area contributed by atoms with Crippen LogP contribution in [0.2, 0.25) is 0 Å². The zero-order chi connectivity index (χ0) is 26.1. The molecule has 1 aliphatic carbocycles. The monoisotopic (exact) mass is 502 g/mol. The van der Waals surface area contributed by atoms with Crippen molar-refractivity contribution in [2.75, 3.05) is 13.1 Å². The number of aromatic hydroxyl groups is 1. The Labute approximate surface area is 225 Å². The highest BCUT2D eigenvalue weighted by Gasteiger charge is 2.35. The van der Waals surface area contributed by atoms with E-state index in [1.54, 1.807) is 12.1 Å². The number of aryl methyl sites for hydroxylation is 1. The molecule has 0 fully saturated rings. The minimum atomic E-state index is 0.0495. The number of phenolic OH excluding ortho intramolecular Hbond substituents is 1. The fourth-order valence-electron chi connectivity index (χ4n) is 6.34. The molecule has 0 radical (unpaired) electrons. The third-order valence-corrected chi connectivity index (χ3v) is 8.26. The molecule has 2 aliphatic rings. The number of hydrogen-bond acceptors (Lipinski definition) is 3. The predicted molar refractivity (Wildman–Crippen MR) is 151 cm³/mol. The largest absolute Gasteiger partial charge is 0.508 e. The van der Waals surface area contributed by atoms with Crippen molar-refractivity contribution in [3.63, 3.8) is 0 Å². The van der Waals surface area contributed by atoms with Gasteiger partial charge in [0.1, 0.15) is 5.75 Å². The number of phenols is 1. The molecule has 0 saturated heterocycles. The highest BCUT2D eigenvalue weighted by atomic mass is 16.3. The first-order valence-electron chi connectivity index (χ1n) is 13.6. The number of carbonyl (C=O) groups is 1. The minimum absolute atomic E-state index is 0.0495. The van der Waals surface area contributed by atoms with Gasteiger partial charge in [0.2, 0.25) is 5.91 Å². The van der Waals surface area contributed by atoms with Gasteiger partial charge in [0.25, 0.3) is 0 Å². The summed E-state index contributed by atoms with van der Waals surface area (Å²) in [6.07, 6.45) is 2.67. The first-order valence-corrected chi connectivity index (χ1v) is 13.6. The lowest BCUT2D eigenvalue weighted by molar-refractivity contribution is -0.135. The van der Waals surface area contributed by atoms with E-state index >= 15 is 0 Å². The summed E-state index contributed by atoms with van der Waals surface area (Å²) >= 11 is 0. The topological polar surface area (TPSA) is 43.8 Å². The molecule has 1 aliphatic heterocycles. The Balaban J connectivity index is 1.32. The van der Waals surface area contributed by atoms with E-state index in [1.165, 1.54) is 33.4 Å². The lowest BCUT2D eigenvalue weighted by atomic mass is 9.86. The maximum absolute atomic E-state index is 14.2. The van der Waals surface area contributed by atoms with Crippen LogP contribution in [0.4, 0.5) is 0 Å². The molecule has 6 rings (SSSR count). The van der Waals surface area contributed by atoms with Crippen LogP contribution < -0.4 is 0 Å². The van der Waals surface area contributed by atoms with Crippen LogP contribution >= 0.6 is 0 Å². The molecule has 1 amide bonds. The van der Waals surface area contributed by atoms with Crippen LogP contribution in [-0.4, -0.2) is 39.9 Å². The number of rotatable bonds is 6. The molecule has 4 nitrogen and oxygen atoms in total. The van der Waals surface area contributed by atoms with E-state index in [4.69, 9.17) is 0 Å². The molecule has 0 saturated carbocycles. The van der Waals surface area contributed by atoms with Gasteiger partial charge >= 0.3 is 0 Å². The van der Waals surface area contributed by atoms with Gasteiger partial charge in [0.15, 0.2) is 0 Å². The average molecular weight is 503 g/mol. The average Bonchev–Trinajstić information content (AvgIpc) is 3.36. The van der Waals surface area contributed by atoms with Gasteiger partial charge in [0.05, 0.1) is 12.6 Å². The fraction of sp³-hybridized carbons (Fsp3) is 0.265. The van der Waals surface area contributed by atoms with Gasteiger partial charge in [-0.3, -0.25) is 9.69 Å². The van der Waals surface area contributed by atoms with E-state index in [0.717, 1.165) is 31.4 Å². The Morgan fingerprint density at radius 1 is 0.842 bits per heavy atom. The van der Waals surface area contributed by atoms with Gasteiger partial charge in [-0.25, -0.2) is 0 Å². The van der Waals surface area contributed by atoms with Gasteiger partial charge in [-0.05, 0) is 77.3 Å². The quantitative estimate of drug-likeness (QED) is 0.360. The first-order chi connectivity index (χ1) is 18.6. The van der Waals surface area contributed by atoms with Gasteiger partial charge in [-0.15, -0.1) is 0 Å². The van der Waals surface area contributed by atoms with Crippen molar-refractivity contribution in [1.29, 1.82) is 0 Å². The van der Waals surface area contributed by atoms with Crippen molar-refractivity contribution in [1.82, 2.24) is 9.80 Å². The van der Waals surface area contributed by atoms with Crippen LogP contribution in [-0.2, 0) is 30.6 Å². The molecular formula is C34H34N2O2. The summed E-state index contributed by atoms with van der Waals surface area (Å²) in [7, 11) is 0. The second-order valence-corrected chi connectivity index (χ2v) is 10.7. The van der Waals surface area contributed by atoms with E-state index in [0.29, 0.717) is 13.1 Å². The molecule has 1 unspecified atom stereocenters. The normalized spacial score (nSPS) is 17.1. The Morgan fingerprint density at radius 3 is 2.21 bits per heavy atom. The number of benzene rings is 4. The number of amides is 1. The summed E-state index contributed by atoms with van der Waals surface area (Å²) in [5.74, 6) is 0.376. The second kappa shape index (κ2) is 10.5. The first kappa shape index (κ1) is 24.4. The molecule has 4 aromatic rings. The molecule has 0 bridgehead atoms. The molecule has 4 heteroatoms. The van der Waals surface area contributed by atoms with E-state index in [9.17, 15) is 9.90 Å². The van der Waals surface area contributed by atoms with E-state index in [2.05, 4.69) is 89.5 Å². The molecule has 4 aromatic carbocycles. The van der Waals surface area contributed by atoms with Crippen molar-refractivity contribution >= 4 is 5.91 Å². The molecule has 0 spiro atoms. The van der Waals surface area contributed by atoms with Crippen LogP contribution in [0.1, 0.15) is 45.0 Å². The number of nitrogens with zero attached hydrogens (tertiary/aromatic N) is 2. The summed E-state index contributed by atoms with van der Waals surface area (Å²) in [5, 5.41) is 10.1. The van der Waals surface area contributed by atoms with Gasteiger partial charge in [0, 0.05) is 19.1 Å². The van der Waals surface area contributed by atoms with Crippen LogP contribution in [0, 0.1) is 6.92 Å². The van der Waals surface area contributed by atoms with Crippen molar-refractivity contribution in [2.24, 2.45) is 0 Å². The summed E-state index contributed by atoms with van der Waals surface area (Å²) in [4.78, 5) is 18.7. The highest BCUT2D eigenvalue weighted by Crippen LogP contribution is 2.37. The zero-order valence-electron chi connectivity index (χ0n) is 21.9. The molecule has 192 valence electrons. The molecule has 1 N–H and O–H groups in total. The number of hydrogen-bond donors (Lipinski definition) is 1. The lowest BCUT2D eigenvalue weighted by Gasteiger charge is -2.39. The highest BCUT2D eigenvalue weighted by molar-refractivity contribution is 5.79. The molecule has 1 heterocycles. The predicted octanol–water partition coefficient (Wildman–Crippen LogP) is 5.84. The number of fused-ring (bicyclic) bond motifs is 2. The zero-order valence-corrected chi connectivity index (χ0v) is 21.9. The third-order valence-electron chi connectivity index (χ3n) is 8.26. The summed E-state index contributed by atoms with van der Waals surface area (Å²) < 4.78 is 0. The summed E-state index contributed by atoms with van der Waals surface area (Å²) in [6, 6.07) is 33.2.